The highest BCUT2D eigenvalue weighted by Gasteiger charge is 2.10. The molecule has 0 bridgehead atoms. The van der Waals surface area contributed by atoms with Crippen molar-refractivity contribution < 1.29 is 4.39 Å². The normalized spacial score (nSPS) is 12.4. The van der Waals surface area contributed by atoms with Gasteiger partial charge in [-0.3, -0.25) is 0 Å². The molecule has 2 aromatic carbocycles. The van der Waals surface area contributed by atoms with E-state index < -0.39 is 0 Å². The molecule has 2 aromatic rings. The lowest BCUT2D eigenvalue weighted by Gasteiger charge is -2.15. The Balaban J connectivity index is 2.06. The minimum absolute atomic E-state index is 0.0642. The van der Waals surface area contributed by atoms with Gasteiger partial charge < -0.3 is 5.32 Å². The maximum Gasteiger partial charge on any atom is 0.129 e. The van der Waals surface area contributed by atoms with Crippen LogP contribution in [0.15, 0.2) is 42.5 Å². The minimum atomic E-state index is -0.293. The Kier molecular flexibility index (Phi) is 4.81. The summed E-state index contributed by atoms with van der Waals surface area (Å²) in [6, 6.07) is 12.3. The van der Waals surface area contributed by atoms with Crippen molar-refractivity contribution in [2.45, 2.75) is 19.5 Å². The fourth-order valence-corrected chi connectivity index (χ4v) is 2.28. The van der Waals surface area contributed by atoms with Crippen molar-refractivity contribution >= 4 is 23.2 Å². The molecule has 1 nitrogen and oxygen atoms in total. The van der Waals surface area contributed by atoms with E-state index in [0.29, 0.717) is 22.2 Å². The van der Waals surface area contributed by atoms with E-state index in [-0.39, 0.29) is 11.9 Å². The van der Waals surface area contributed by atoms with Crippen molar-refractivity contribution in [2.24, 2.45) is 0 Å². The third-order valence-corrected chi connectivity index (χ3v) is 3.58. The summed E-state index contributed by atoms with van der Waals surface area (Å²) in [6.07, 6.45) is 0. The van der Waals surface area contributed by atoms with Crippen LogP contribution in [-0.2, 0) is 6.54 Å². The fraction of sp³-hybridized carbons (Fsp3) is 0.200. The van der Waals surface area contributed by atoms with Crippen LogP contribution in [0.3, 0.4) is 0 Å². The maximum absolute atomic E-state index is 13.6. The molecule has 0 saturated carbocycles. The lowest BCUT2D eigenvalue weighted by Crippen LogP contribution is -2.19. The van der Waals surface area contributed by atoms with Gasteiger partial charge in [-0.1, -0.05) is 41.4 Å². The van der Waals surface area contributed by atoms with Crippen molar-refractivity contribution in [3.05, 3.63) is 69.5 Å². The topological polar surface area (TPSA) is 12.0 Å². The van der Waals surface area contributed by atoms with E-state index in [4.69, 9.17) is 23.2 Å². The summed E-state index contributed by atoms with van der Waals surface area (Å²) in [5.74, 6) is -0.293. The van der Waals surface area contributed by atoms with E-state index in [9.17, 15) is 4.39 Å². The summed E-state index contributed by atoms with van der Waals surface area (Å²) in [4.78, 5) is 0. The Morgan fingerprint density at radius 3 is 2.58 bits per heavy atom. The van der Waals surface area contributed by atoms with Gasteiger partial charge in [0.25, 0.3) is 0 Å². The molecule has 0 heterocycles. The monoisotopic (exact) mass is 297 g/mol. The lowest BCUT2D eigenvalue weighted by molar-refractivity contribution is 0.544. The molecule has 0 aliphatic carbocycles. The quantitative estimate of drug-likeness (QED) is 0.839. The first-order valence-corrected chi connectivity index (χ1v) is 6.75. The Morgan fingerprint density at radius 2 is 1.89 bits per heavy atom. The van der Waals surface area contributed by atoms with Gasteiger partial charge in [-0.2, -0.15) is 0 Å². The molecule has 0 amide bonds. The third-order valence-electron chi connectivity index (χ3n) is 3.00. The summed E-state index contributed by atoms with van der Waals surface area (Å²) in [7, 11) is 0. The molecule has 0 aromatic heterocycles. The molecular formula is C15H14Cl2FN. The van der Waals surface area contributed by atoms with E-state index in [1.165, 1.54) is 6.07 Å². The van der Waals surface area contributed by atoms with Crippen molar-refractivity contribution in [1.82, 2.24) is 5.32 Å². The summed E-state index contributed by atoms with van der Waals surface area (Å²) in [5, 5.41) is 4.37. The van der Waals surface area contributed by atoms with Crippen LogP contribution in [0.5, 0.6) is 0 Å². The molecule has 0 spiro atoms. The Bertz CT molecular complexity index is 552. The van der Waals surface area contributed by atoms with E-state index in [0.717, 1.165) is 5.56 Å². The van der Waals surface area contributed by atoms with Gasteiger partial charge in [0, 0.05) is 28.2 Å². The molecule has 1 atom stereocenters. The molecule has 2 rings (SSSR count). The first kappa shape index (κ1) is 14.3. The van der Waals surface area contributed by atoms with Crippen molar-refractivity contribution in [1.29, 1.82) is 0 Å². The average Bonchev–Trinajstić information content (AvgIpc) is 2.38. The summed E-state index contributed by atoms with van der Waals surface area (Å²) in [5.41, 5.74) is 1.54. The van der Waals surface area contributed by atoms with Crippen molar-refractivity contribution in [3.8, 4) is 0 Å². The van der Waals surface area contributed by atoms with E-state index in [2.05, 4.69) is 5.32 Å². The molecule has 0 aliphatic heterocycles. The predicted octanol–water partition coefficient (Wildman–Crippen LogP) is 4.98. The van der Waals surface area contributed by atoms with Crippen LogP contribution >= 0.6 is 23.2 Å². The number of hydrogen-bond acceptors (Lipinski definition) is 1. The Labute approximate surface area is 122 Å². The summed E-state index contributed by atoms with van der Waals surface area (Å²) in [6.45, 7) is 2.37. The number of rotatable bonds is 4. The van der Waals surface area contributed by atoms with Crippen molar-refractivity contribution in [2.75, 3.05) is 0 Å². The molecule has 100 valence electrons. The Morgan fingerprint density at radius 1 is 1.16 bits per heavy atom. The SMILES string of the molecule is CC(NCc1c(F)cccc1Cl)c1cccc(Cl)c1. The Hall–Kier alpha value is -1.09. The van der Waals surface area contributed by atoms with Crippen LogP contribution in [0, 0.1) is 5.82 Å². The van der Waals surface area contributed by atoms with E-state index >= 15 is 0 Å². The predicted molar refractivity (Wildman–Crippen MR) is 78.1 cm³/mol. The number of halogens is 3. The molecular weight excluding hydrogens is 284 g/mol. The van der Waals surface area contributed by atoms with E-state index in [1.807, 2.05) is 31.2 Å². The van der Waals surface area contributed by atoms with Crippen molar-refractivity contribution in [3.63, 3.8) is 0 Å². The molecule has 0 aliphatic rings. The first-order chi connectivity index (χ1) is 9.08. The maximum atomic E-state index is 13.6. The highest BCUT2D eigenvalue weighted by Crippen LogP contribution is 2.21. The van der Waals surface area contributed by atoms with Gasteiger partial charge in [0.15, 0.2) is 0 Å². The molecule has 19 heavy (non-hydrogen) atoms. The highest BCUT2D eigenvalue weighted by molar-refractivity contribution is 6.31. The minimum Gasteiger partial charge on any atom is -0.306 e. The average molecular weight is 298 g/mol. The standard InChI is InChI=1S/C15H14Cl2FN/c1-10(11-4-2-5-12(16)8-11)19-9-13-14(17)6-3-7-15(13)18/h2-8,10,19H,9H2,1H3. The van der Waals surface area contributed by atoms with Gasteiger partial charge in [-0.25, -0.2) is 4.39 Å². The smallest absolute Gasteiger partial charge is 0.129 e. The molecule has 0 fully saturated rings. The number of hydrogen-bond donors (Lipinski definition) is 1. The van der Waals surface area contributed by atoms with Crippen LogP contribution in [0.2, 0.25) is 10.0 Å². The highest BCUT2D eigenvalue weighted by atomic mass is 35.5. The first-order valence-electron chi connectivity index (χ1n) is 5.99. The molecule has 1 unspecified atom stereocenters. The third kappa shape index (κ3) is 3.69. The summed E-state index contributed by atoms with van der Waals surface area (Å²) >= 11 is 11.9. The number of benzene rings is 2. The number of nitrogens with one attached hydrogen (secondary N) is 1. The van der Waals surface area contributed by atoms with Crippen LogP contribution in [0.25, 0.3) is 0 Å². The van der Waals surface area contributed by atoms with Crippen LogP contribution < -0.4 is 5.32 Å². The lowest BCUT2D eigenvalue weighted by atomic mass is 10.1. The second kappa shape index (κ2) is 6.38. The van der Waals surface area contributed by atoms with Crippen LogP contribution in [-0.4, -0.2) is 0 Å². The van der Waals surface area contributed by atoms with Crippen LogP contribution in [0.1, 0.15) is 24.1 Å². The molecule has 4 heteroatoms. The van der Waals surface area contributed by atoms with Gasteiger partial charge in [0.2, 0.25) is 0 Å². The zero-order valence-electron chi connectivity index (χ0n) is 10.5. The largest absolute Gasteiger partial charge is 0.306 e. The van der Waals surface area contributed by atoms with Gasteiger partial charge in [-0.15, -0.1) is 0 Å². The van der Waals surface area contributed by atoms with E-state index in [1.54, 1.807) is 12.1 Å². The second-order valence-corrected chi connectivity index (χ2v) is 5.20. The summed E-state index contributed by atoms with van der Waals surface area (Å²) < 4.78 is 13.6. The molecule has 1 N–H and O–H groups in total. The molecule has 0 radical (unpaired) electrons. The van der Waals surface area contributed by atoms with Crippen LogP contribution in [0.4, 0.5) is 4.39 Å². The van der Waals surface area contributed by atoms with Gasteiger partial charge >= 0.3 is 0 Å². The van der Waals surface area contributed by atoms with Gasteiger partial charge in [0.1, 0.15) is 5.82 Å². The van der Waals surface area contributed by atoms with Gasteiger partial charge in [0.05, 0.1) is 0 Å². The molecule has 0 saturated heterocycles. The fourth-order valence-electron chi connectivity index (χ4n) is 1.85. The van der Waals surface area contributed by atoms with Gasteiger partial charge in [-0.05, 0) is 36.8 Å². The zero-order valence-corrected chi connectivity index (χ0v) is 12.0. The zero-order chi connectivity index (χ0) is 13.8. The second-order valence-electron chi connectivity index (χ2n) is 4.36.